The van der Waals surface area contributed by atoms with Gasteiger partial charge in [0.25, 0.3) is 11.8 Å². The fourth-order valence-electron chi connectivity index (χ4n) is 5.69. The zero-order chi connectivity index (χ0) is 28.5. The summed E-state index contributed by atoms with van der Waals surface area (Å²) in [5, 5.41) is 1.37. The number of anilines is 1. The van der Waals surface area contributed by atoms with E-state index in [9.17, 15) is 22.8 Å². The van der Waals surface area contributed by atoms with E-state index in [4.69, 9.17) is 0 Å². The molecule has 0 aliphatic carbocycles. The Labute approximate surface area is 232 Å². The maximum atomic E-state index is 14.0. The molecule has 0 unspecified atom stereocenters. The molecular weight excluding hydrogens is 525 g/mol. The average molecular weight is 547 g/mol. The van der Waals surface area contributed by atoms with Crippen molar-refractivity contribution in [1.82, 2.24) is 4.57 Å². The van der Waals surface area contributed by atoms with Gasteiger partial charge in [-0.25, -0.2) is 4.90 Å². The van der Waals surface area contributed by atoms with Crippen LogP contribution in [0.5, 0.6) is 0 Å². The maximum absolute atomic E-state index is 14.0. The molecule has 0 atom stereocenters. The number of imide groups is 1. The number of aromatic nitrogens is 1. The molecule has 0 spiro atoms. The quantitative estimate of drug-likeness (QED) is 0.209. The summed E-state index contributed by atoms with van der Waals surface area (Å²) in [6, 6.07) is 31.1. The van der Waals surface area contributed by atoms with E-state index < -0.39 is 23.6 Å². The second kappa shape index (κ2) is 8.93. The minimum Gasteiger partial charge on any atom is -0.308 e. The highest BCUT2D eigenvalue weighted by molar-refractivity contribution is 6.35. The number of hydrogen-bond donors (Lipinski definition) is 0. The Morgan fingerprint density at radius 1 is 0.634 bits per heavy atom. The Kier molecular flexibility index (Phi) is 5.41. The van der Waals surface area contributed by atoms with Crippen LogP contribution in [0.1, 0.15) is 31.8 Å². The molecule has 5 aromatic carbocycles. The Morgan fingerprint density at radius 2 is 1.29 bits per heavy atom. The Morgan fingerprint density at radius 3 is 2.00 bits per heavy atom. The Balaban J connectivity index is 1.41. The third kappa shape index (κ3) is 3.84. The first-order valence-electron chi connectivity index (χ1n) is 13.0. The van der Waals surface area contributed by atoms with Gasteiger partial charge in [0.05, 0.1) is 39.1 Å². The topological polar surface area (TPSA) is 42.3 Å². The van der Waals surface area contributed by atoms with Gasteiger partial charge in [0.1, 0.15) is 0 Å². The van der Waals surface area contributed by atoms with E-state index in [0.717, 1.165) is 39.1 Å². The molecule has 2 heterocycles. The third-order valence-electron chi connectivity index (χ3n) is 7.62. The van der Waals surface area contributed by atoms with Crippen molar-refractivity contribution < 1.29 is 22.8 Å². The molecule has 1 aromatic heterocycles. The smallest absolute Gasteiger partial charge is 0.308 e. The summed E-state index contributed by atoms with van der Waals surface area (Å²) in [6.07, 6.45) is -4.54. The normalized spacial score (nSPS) is 13.4. The number of aryl methyl sites for hydroxylation is 1. The number of alkyl halides is 3. The molecule has 0 N–H and O–H groups in total. The highest BCUT2D eigenvalue weighted by Gasteiger charge is 2.39. The Hall–Kier alpha value is -5.17. The van der Waals surface area contributed by atoms with E-state index in [1.165, 1.54) is 6.07 Å². The van der Waals surface area contributed by atoms with Crippen molar-refractivity contribution >= 4 is 39.3 Å². The van der Waals surface area contributed by atoms with Crippen LogP contribution in [0.4, 0.5) is 18.9 Å². The molecule has 4 nitrogen and oxygen atoms in total. The number of fused-ring (bicyclic) bond motifs is 4. The summed E-state index contributed by atoms with van der Waals surface area (Å²) in [5.41, 5.74) is 4.15. The number of benzene rings is 5. The van der Waals surface area contributed by atoms with Crippen LogP contribution in [0.2, 0.25) is 0 Å². The van der Waals surface area contributed by atoms with Crippen LogP contribution in [0, 0.1) is 6.92 Å². The van der Waals surface area contributed by atoms with E-state index >= 15 is 0 Å². The van der Waals surface area contributed by atoms with Crippen LogP contribution in [0.25, 0.3) is 38.6 Å². The number of carbonyl (C=O) groups excluding carboxylic acids is 2. The number of nitrogens with zero attached hydrogens (tertiary/aromatic N) is 2. The maximum Gasteiger partial charge on any atom is 0.416 e. The van der Waals surface area contributed by atoms with Crippen LogP contribution < -0.4 is 4.90 Å². The summed E-state index contributed by atoms with van der Waals surface area (Å²) in [6.45, 7) is 1.90. The lowest BCUT2D eigenvalue weighted by Crippen LogP contribution is -2.29. The Bertz CT molecular complexity index is 2020. The van der Waals surface area contributed by atoms with Gasteiger partial charge in [-0.3, -0.25) is 9.59 Å². The van der Waals surface area contributed by atoms with E-state index in [2.05, 4.69) is 0 Å². The lowest BCUT2D eigenvalue weighted by molar-refractivity contribution is -0.137. The van der Waals surface area contributed by atoms with Gasteiger partial charge in [-0.15, -0.1) is 0 Å². The van der Waals surface area contributed by atoms with Gasteiger partial charge in [0.15, 0.2) is 0 Å². The van der Waals surface area contributed by atoms with Crippen molar-refractivity contribution in [3.05, 3.63) is 131 Å². The van der Waals surface area contributed by atoms with Gasteiger partial charge in [0, 0.05) is 10.8 Å². The molecule has 2 amide bonds. The predicted octanol–water partition coefficient (Wildman–Crippen LogP) is 8.58. The number of carbonyl (C=O) groups is 2. The van der Waals surface area contributed by atoms with Crippen molar-refractivity contribution in [3.63, 3.8) is 0 Å². The highest BCUT2D eigenvalue weighted by Crippen LogP contribution is 2.40. The predicted molar refractivity (Wildman–Crippen MR) is 154 cm³/mol. The average Bonchev–Trinajstić information content (AvgIpc) is 3.43. The second-order valence-corrected chi connectivity index (χ2v) is 10.1. The van der Waals surface area contributed by atoms with E-state index in [-0.39, 0.29) is 11.1 Å². The summed E-state index contributed by atoms with van der Waals surface area (Å²) < 4.78 is 43.0. The molecule has 7 rings (SSSR count). The highest BCUT2D eigenvalue weighted by atomic mass is 19.4. The van der Waals surface area contributed by atoms with E-state index in [0.29, 0.717) is 27.8 Å². The summed E-state index contributed by atoms with van der Waals surface area (Å²) in [5.74, 6) is -1.00. The lowest BCUT2D eigenvalue weighted by atomic mass is 10.1. The van der Waals surface area contributed by atoms with E-state index in [1.807, 2.05) is 67.6 Å². The fourth-order valence-corrected chi connectivity index (χ4v) is 5.69. The largest absolute Gasteiger partial charge is 0.416 e. The number of amides is 2. The van der Waals surface area contributed by atoms with Gasteiger partial charge in [0.2, 0.25) is 0 Å². The summed E-state index contributed by atoms with van der Waals surface area (Å²) >= 11 is 0. The zero-order valence-electron chi connectivity index (χ0n) is 21.7. The molecule has 41 heavy (non-hydrogen) atoms. The van der Waals surface area contributed by atoms with Gasteiger partial charge >= 0.3 is 6.18 Å². The fraction of sp³-hybridized carbons (Fsp3) is 0.0588. The summed E-state index contributed by atoms with van der Waals surface area (Å²) in [4.78, 5) is 28.7. The SMILES string of the molecule is Cc1ccc2c3ccc(C(F)(F)F)cc3n(-c3cccc4c3C(=O)N(c3ccc(-c5ccccc5)cc3)C4=O)c2c1. The molecule has 0 bridgehead atoms. The van der Waals surface area contributed by atoms with Crippen molar-refractivity contribution in [3.8, 4) is 16.8 Å². The molecular formula is C34H21F3N2O2. The third-order valence-corrected chi connectivity index (χ3v) is 7.62. The van der Waals surface area contributed by atoms with Crippen LogP contribution in [0.15, 0.2) is 109 Å². The number of rotatable bonds is 3. The number of halogens is 3. The molecule has 0 saturated heterocycles. The molecule has 1 aliphatic heterocycles. The van der Waals surface area contributed by atoms with Crippen molar-refractivity contribution in [2.75, 3.05) is 4.90 Å². The van der Waals surface area contributed by atoms with Crippen LogP contribution in [0.3, 0.4) is 0 Å². The van der Waals surface area contributed by atoms with Crippen molar-refractivity contribution in [2.45, 2.75) is 13.1 Å². The second-order valence-electron chi connectivity index (χ2n) is 10.1. The first-order chi connectivity index (χ1) is 19.7. The minimum atomic E-state index is -4.54. The summed E-state index contributed by atoms with van der Waals surface area (Å²) in [7, 11) is 0. The lowest BCUT2D eigenvalue weighted by Gasteiger charge is -2.15. The number of hydrogen-bond acceptors (Lipinski definition) is 2. The molecule has 0 radical (unpaired) electrons. The molecule has 6 aromatic rings. The molecule has 7 heteroatoms. The zero-order valence-corrected chi connectivity index (χ0v) is 21.7. The van der Waals surface area contributed by atoms with Crippen LogP contribution in [-0.4, -0.2) is 16.4 Å². The van der Waals surface area contributed by atoms with Crippen LogP contribution in [-0.2, 0) is 6.18 Å². The molecule has 200 valence electrons. The van der Waals surface area contributed by atoms with Gasteiger partial charge in [-0.2, -0.15) is 13.2 Å². The van der Waals surface area contributed by atoms with E-state index in [1.54, 1.807) is 34.9 Å². The minimum absolute atomic E-state index is 0.155. The van der Waals surface area contributed by atoms with Crippen molar-refractivity contribution in [1.29, 1.82) is 0 Å². The van der Waals surface area contributed by atoms with Crippen LogP contribution >= 0.6 is 0 Å². The first-order valence-corrected chi connectivity index (χ1v) is 13.0. The first kappa shape index (κ1) is 24.8. The molecule has 0 saturated carbocycles. The van der Waals surface area contributed by atoms with Crippen molar-refractivity contribution in [2.24, 2.45) is 0 Å². The standard InChI is InChI=1S/C34H21F3N2O2/c1-20-10-16-25-26-17-13-23(34(35,36)37)19-30(26)39(29(25)18-20)28-9-5-8-27-31(28)33(41)38(32(27)40)24-14-11-22(12-15-24)21-6-3-2-4-7-21/h2-19H,1H3. The van der Waals surface area contributed by atoms with Gasteiger partial charge in [-0.1, -0.05) is 66.7 Å². The van der Waals surface area contributed by atoms with Gasteiger partial charge in [-0.05, 0) is 66.1 Å². The van der Waals surface area contributed by atoms with Gasteiger partial charge < -0.3 is 4.57 Å². The molecule has 0 fully saturated rings. The monoisotopic (exact) mass is 546 g/mol. The molecule has 1 aliphatic rings.